The summed E-state index contributed by atoms with van der Waals surface area (Å²) in [6, 6.07) is 16.2. The molecule has 0 spiro atoms. The van der Waals surface area contributed by atoms with Crippen LogP contribution in [0.5, 0.6) is 5.75 Å². The van der Waals surface area contributed by atoms with E-state index in [1.54, 1.807) is 0 Å². The predicted molar refractivity (Wildman–Crippen MR) is 92.1 cm³/mol. The third-order valence-corrected chi connectivity index (χ3v) is 4.19. The first kappa shape index (κ1) is 14.8. The molecule has 1 fully saturated rings. The Bertz CT molecular complexity index is 571. The second kappa shape index (κ2) is 7.21. The Hall–Kier alpha value is -2.16. The van der Waals surface area contributed by atoms with Gasteiger partial charge in [-0.05, 0) is 67.6 Å². The zero-order valence-electron chi connectivity index (χ0n) is 12.9. The van der Waals surface area contributed by atoms with Crippen LogP contribution in [-0.4, -0.2) is 6.10 Å². The van der Waals surface area contributed by atoms with Crippen molar-refractivity contribution in [1.82, 2.24) is 0 Å². The van der Waals surface area contributed by atoms with E-state index in [1.807, 2.05) is 24.3 Å². The van der Waals surface area contributed by atoms with E-state index in [1.165, 1.54) is 37.7 Å². The molecule has 0 atom stereocenters. The summed E-state index contributed by atoms with van der Waals surface area (Å²) in [6.45, 7) is 0.795. The maximum atomic E-state index is 6.04. The maximum absolute atomic E-state index is 6.04. The summed E-state index contributed by atoms with van der Waals surface area (Å²) >= 11 is 0. The van der Waals surface area contributed by atoms with Gasteiger partial charge in [0.25, 0.3) is 0 Å². The summed E-state index contributed by atoms with van der Waals surface area (Å²) in [5, 5.41) is 3.41. The van der Waals surface area contributed by atoms with Crippen molar-refractivity contribution in [2.45, 2.75) is 44.8 Å². The minimum absolute atomic E-state index is 0.405. The Morgan fingerprint density at radius 1 is 0.909 bits per heavy atom. The standard InChI is InChI=1S/C19H24N2O/c20-16-8-6-15(7-9-16)14-21-17-10-12-19(13-11-17)22-18-4-2-1-3-5-18/h6-13,18,21H,1-5,14,20H2. The monoisotopic (exact) mass is 296 g/mol. The SMILES string of the molecule is Nc1ccc(CNc2ccc(OC3CCCCC3)cc2)cc1. The van der Waals surface area contributed by atoms with E-state index in [-0.39, 0.29) is 0 Å². The minimum Gasteiger partial charge on any atom is -0.490 e. The normalized spacial score (nSPS) is 15.5. The average Bonchev–Trinajstić information content (AvgIpc) is 2.57. The van der Waals surface area contributed by atoms with Crippen LogP contribution in [-0.2, 0) is 6.54 Å². The molecule has 0 aliphatic heterocycles. The first-order chi connectivity index (χ1) is 10.8. The summed E-state index contributed by atoms with van der Waals surface area (Å²) in [4.78, 5) is 0. The third kappa shape index (κ3) is 4.17. The van der Waals surface area contributed by atoms with Crippen LogP contribution >= 0.6 is 0 Å². The van der Waals surface area contributed by atoms with Gasteiger partial charge in [0.15, 0.2) is 0 Å². The highest BCUT2D eigenvalue weighted by atomic mass is 16.5. The zero-order valence-corrected chi connectivity index (χ0v) is 12.9. The Morgan fingerprint density at radius 2 is 1.59 bits per heavy atom. The predicted octanol–water partition coefficient (Wildman–Crippen LogP) is 4.59. The molecule has 22 heavy (non-hydrogen) atoms. The van der Waals surface area contributed by atoms with Crippen LogP contribution in [0.1, 0.15) is 37.7 Å². The number of hydrogen-bond donors (Lipinski definition) is 2. The van der Waals surface area contributed by atoms with Crippen LogP contribution in [0.15, 0.2) is 48.5 Å². The highest BCUT2D eigenvalue weighted by molar-refractivity contribution is 5.47. The molecule has 0 bridgehead atoms. The van der Waals surface area contributed by atoms with Gasteiger partial charge in [-0.25, -0.2) is 0 Å². The first-order valence-corrected chi connectivity index (χ1v) is 8.14. The largest absolute Gasteiger partial charge is 0.490 e. The molecule has 2 aromatic carbocycles. The molecule has 0 radical (unpaired) electrons. The Morgan fingerprint density at radius 3 is 2.27 bits per heavy atom. The number of rotatable bonds is 5. The highest BCUT2D eigenvalue weighted by Gasteiger charge is 2.14. The van der Waals surface area contributed by atoms with Crippen molar-refractivity contribution in [2.24, 2.45) is 0 Å². The van der Waals surface area contributed by atoms with Gasteiger partial charge < -0.3 is 15.8 Å². The van der Waals surface area contributed by atoms with Crippen molar-refractivity contribution in [3.8, 4) is 5.75 Å². The maximum Gasteiger partial charge on any atom is 0.119 e. The number of nitrogens with two attached hydrogens (primary N) is 1. The molecule has 0 amide bonds. The van der Waals surface area contributed by atoms with Crippen molar-refractivity contribution in [1.29, 1.82) is 0 Å². The topological polar surface area (TPSA) is 47.3 Å². The molecule has 116 valence electrons. The molecule has 0 unspecified atom stereocenters. The molecule has 0 aromatic heterocycles. The Kier molecular flexibility index (Phi) is 4.84. The fourth-order valence-electron chi connectivity index (χ4n) is 2.87. The molecular weight excluding hydrogens is 272 g/mol. The van der Waals surface area contributed by atoms with Gasteiger partial charge in [-0.15, -0.1) is 0 Å². The zero-order chi connectivity index (χ0) is 15.2. The summed E-state index contributed by atoms with van der Waals surface area (Å²) in [7, 11) is 0. The van der Waals surface area contributed by atoms with E-state index in [0.29, 0.717) is 6.10 Å². The molecule has 3 heteroatoms. The van der Waals surface area contributed by atoms with E-state index < -0.39 is 0 Å². The van der Waals surface area contributed by atoms with Crippen LogP contribution < -0.4 is 15.8 Å². The second-order valence-electron chi connectivity index (χ2n) is 6.00. The lowest BCUT2D eigenvalue weighted by Gasteiger charge is -2.23. The molecule has 1 aliphatic carbocycles. The van der Waals surface area contributed by atoms with Gasteiger partial charge in [0.05, 0.1) is 6.10 Å². The Balaban J connectivity index is 1.51. The quantitative estimate of drug-likeness (QED) is 0.793. The van der Waals surface area contributed by atoms with Crippen LogP contribution in [0, 0.1) is 0 Å². The minimum atomic E-state index is 0.405. The van der Waals surface area contributed by atoms with E-state index in [9.17, 15) is 0 Å². The van der Waals surface area contributed by atoms with Crippen molar-refractivity contribution in [3.63, 3.8) is 0 Å². The van der Waals surface area contributed by atoms with Crippen LogP contribution in [0.25, 0.3) is 0 Å². The number of benzene rings is 2. The van der Waals surface area contributed by atoms with Gasteiger partial charge in [0.2, 0.25) is 0 Å². The fraction of sp³-hybridized carbons (Fsp3) is 0.368. The smallest absolute Gasteiger partial charge is 0.119 e. The van der Waals surface area contributed by atoms with Crippen LogP contribution in [0.3, 0.4) is 0 Å². The summed E-state index contributed by atoms with van der Waals surface area (Å²) < 4.78 is 6.04. The van der Waals surface area contributed by atoms with Crippen molar-refractivity contribution in [3.05, 3.63) is 54.1 Å². The molecule has 1 aliphatic rings. The molecule has 3 N–H and O–H groups in total. The van der Waals surface area contributed by atoms with Gasteiger partial charge in [-0.2, -0.15) is 0 Å². The number of nitrogen functional groups attached to an aromatic ring is 1. The summed E-state index contributed by atoms with van der Waals surface area (Å²) in [6.07, 6.45) is 6.74. The molecule has 3 nitrogen and oxygen atoms in total. The molecule has 0 saturated heterocycles. The fourth-order valence-corrected chi connectivity index (χ4v) is 2.87. The van der Waals surface area contributed by atoms with E-state index in [4.69, 9.17) is 10.5 Å². The number of hydrogen-bond acceptors (Lipinski definition) is 3. The molecule has 0 heterocycles. The molecule has 2 aromatic rings. The van der Waals surface area contributed by atoms with Gasteiger partial charge in [0.1, 0.15) is 5.75 Å². The van der Waals surface area contributed by atoms with Crippen molar-refractivity contribution >= 4 is 11.4 Å². The van der Waals surface area contributed by atoms with E-state index in [2.05, 4.69) is 29.6 Å². The van der Waals surface area contributed by atoms with Gasteiger partial charge in [0, 0.05) is 17.9 Å². The van der Waals surface area contributed by atoms with E-state index in [0.717, 1.165) is 23.7 Å². The van der Waals surface area contributed by atoms with E-state index >= 15 is 0 Å². The van der Waals surface area contributed by atoms with Gasteiger partial charge in [-0.1, -0.05) is 18.6 Å². The van der Waals surface area contributed by atoms with Crippen molar-refractivity contribution in [2.75, 3.05) is 11.1 Å². The molecular formula is C19H24N2O. The lowest BCUT2D eigenvalue weighted by atomic mass is 9.98. The molecule has 3 rings (SSSR count). The average molecular weight is 296 g/mol. The van der Waals surface area contributed by atoms with Crippen LogP contribution in [0.4, 0.5) is 11.4 Å². The van der Waals surface area contributed by atoms with Crippen LogP contribution in [0.2, 0.25) is 0 Å². The third-order valence-electron chi connectivity index (χ3n) is 4.19. The highest BCUT2D eigenvalue weighted by Crippen LogP contribution is 2.24. The lowest BCUT2D eigenvalue weighted by Crippen LogP contribution is -2.19. The number of anilines is 2. The lowest BCUT2D eigenvalue weighted by molar-refractivity contribution is 0.155. The van der Waals surface area contributed by atoms with Crippen molar-refractivity contribution < 1.29 is 4.74 Å². The summed E-state index contributed by atoms with van der Waals surface area (Å²) in [5.74, 6) is 0.977. The first-order valence-electron chi connectivity index (χ1n) is 8.14. The molecule has 1 saturated carbocycles. The second-order valence-corrected chi connectivity index (χ2v) is 6.00. The van der Waals surface area contributed by atoms with Gasteiger partial charge in [-0.3, -0.25) is 0 Å². The summed E-state index contributed by atoms with van der Waals surface area (Å²) in [5.41, 5.74) is 8.82. The van der Waals surface area contributed by atoms with Gasteiger partial charge >= 0.3 is 0 Å². The number of nitrogens with one attached hydrogen (secondary N) is 1. The Labute approximate surface area is 132 Å². The number of ether oxygens (including phenoxy) is 1.